The van der Waals surface area contributed by atoms with Gasteiger partial charge in [-0.1, -0.05) is 22.6 Å². The van der Waals surface area contributed by atoms with Crippen molar-refractivity contribution in [2.45, 2.75) is 11.4 Å². The van der Waals surface area contributed by atoms with Gasteiger partial charge in [-0.05, 0) is 12.5 Å². The zero-order valence-electron chi connectivity index (χ0n) is 5.13. The van der Waals surface area contributed by atoms with Crippen LogP contribution in [0.4, 0.5) is 0 Å². The average molecular weight is 234 g/mol. The van der Waals surface area contributed by atoms with E-state index in [4.69, 9.17) is 0 Å². The summed E-state index contributed by atoms with van der Waals surface area (Å²) in [6, 6.07) is 0. The van der Waals surface area contributed by atoms with Crippen LogP contribution in [0.2, 0.25) is 0 Å². The lowest BCUT2D eigenvalue weighted by Crippen LogP contribution is -1.89. The Morgan fingerprint density at radius 3 is 2.44 bits per heavy atom. The van der Waals surface area contributed by atoms with E-state index in [-0.39, 0.29) is 0 Å². The summed E-state index contributed by atoms with van der Waals surface area (Å²) >= 11 is 2.24. The zero-order valence-corrected chi connectivity index (χ0v) is 7.29. The Labute approximate surface area is 67.9 Å². The molecule has 0 N–H and O–H groups in total. The molecule has 0 unspecified atom stereocenters. The van der Waals surface area contributed by atoms with Gasteiger partial charge in [0, 0.05) is 12.4 Å². The van der Waals surface area contributed by atoms with Crippen LogP contribution in [-0.2, 0) is 4.43 Å². The van der Waals surface area contributed by atoms with Gasteiger partial charge in [0.1, 0.15) is 5.82 Å². The molecule has 0 aliphatic heterocycles. The fraction of sp³-hybridized carbons (Fsp3) is 0.333. The molecule has 48 valence electrons. The van der Waals surface area contributed by atoms with Crippen LogP contribution in [0.25, 0.3) is 0 Å². The number of alkyl halides is 1. The lowest BCUT2D eigenvalue weighted by Gasteiger charge is -1.91. The van der Waals surface area contributed by atoms with Gasteiger partial charge in [-0.15, -0.1) is 0 Å². The first-order chi connectivity index (χ1) is 4.33. The summed E-state index contributed by atoms with van der Waals surface area (Å²) in [6.45, 7) is 1.98. The maximum atomic E-state index is 4.08. The number of hydrogen-bond acceptors (Lipinski definition) is 2. The molecule has 0 saturated heterocycles. The van der Waals surface area contributed by atoms with E-state index < -0.39 is 0 Å². The minimum absolute atomic E-state index is 0.887. The number of hydrogen-bond donors (Lipinski definition) is 0. The summed E-state index contributed by atoms with van der Waals surface area (Å²) in [5, 5.41) is 0. The lowest BCUT2D eigenvalue weighted by atomic mass is 10.4. The van der Waals surface area contributed by atoms with Crippen molar-refractivity contribution in [1.82, 2.24) is 9.97 Å². The summed E-state index contributed by atoms with van der Waals surface area (Å²) in [7, 11) is 0. The Morgan fingerprint density at radius 2 is 2.00 bits per heavy atom. The van der Waals surface area contributed by atoms with Crippen LogP contribution in [-0.4, -0.2) is 9.97 Å². The van der Waals surface area contributed by atoms with Gasteiger partial charge in [0.25, 0.3) is 0 Å². The highest BCUT2D eigenvalue weighted by molar-refractivity contribution is 14.1. The number of rotatable bonds is 1. The molecule has 1 heterocycles. The Hall–Kier alpha value is -0.190. The highest BCUT2D eigenvalue weighted by Gasteiger charge is 1.89. The van der Waals surface area contributed by atoms with Gasteiger partial charge in [0.05, 0.1) is 4.43 Å². The van der Waals surface area contributed by atoms with Crippen LogP contribution < -0.4 is 0 Å². The van der Waals surface area contributed by atoms with Crippen molar-refractivity contribution in [3.8, 4) is 0 Å². The summed E-state index contributed by atoms with van der Waals surface area (Å²) in [5.74, 6) is 0.904. The van der Waals surface area contributed by atoms with Crippen LogP contribution >= 0.6 is 22.6 Å². The number of nitrogens with zero attached hydrogens (tertiary/aromatic N) is 2. The van der Waals surface area contributed by atoms with E-state index in [0.29, 0.717) is 0 Å². The molecule has 3 heteroatoms. The fourth-order valence-electron chi connectivity index (χ4n) is 0.488. The molecule has 0 radical (unpaired) electrons. The first kappa shape index (κ1) is 6.92. The first-order valence-electron chi connectivity index (χ1n) is 2.66. The second kappa shape index (κ2) is 3.10. The van der Waals surface area contributed by atoms with Crippen molar-refractivity contribution < 1.29 is 0 Å². The smallest absolute Gasteiger partial charge is 0.137 e. The van der Waals surface area contributed by atoms with Crippen molar-refractivity contribution in [2.24, 2.45) is 0 Å². The third-order valence-electron chi connectivity index (χ3n) is 0.954. The highest BCUT2D eigenvalue weighted by Crippen LogP contribution is 1.97. The Bertz CT molecular complexity index is 183. The molecule has 9 heavy (non-hydrogen) atoms. The predicted octanol–water partition coefficient (Wildman–Crippen LogP) is 1.72. The fourth-order valence-corrected chi connectivity index (χ4v) is 0.882. The maximum absolute atomic E-state index is 4.08. The second-order valence-corrected chi connectivity index (χ2v) is 2.57. The topological polar surface area (TPSA) is 25.8 Å². The van der Waals surface area contributed by atoms with E-state index in [0.717, 1.165) is 15.8 Å². The summed E-state index contributed by atoms with van der Waals surface area (Å²) in [6.07, 6.45) is 3.67. The van der Waals surface area contributed by atoms with E-state index in [1.807, 2.05) is 19.3 Å². The zero-order chi connectivity index (χ0) is 6.69. The largest absolute Gasteiger partial charge is 0.240 e. The highest BCUT2D eigenvalue weighted by atomic mass is 127. The molecule has 0 fully saturated rings. The van der Waals surface area contributed by atoms with E-state index in [2.05, 4.69) is 32.6 Å². The second-order valence-electron chi connectivity index (χ2n) is 1.81. The average Bonchev–Trinajstić information content (AvgIpc) is 1.90. The van der Waals surface area contributed by atoms with Crippen molar-refractivity contribution in [3.63, 3.8) is 0 Å². The molecule has 2 nitrogen and oxygen atoms in total. The van der Waals surface area contributed by atoms with Gasteiger partial charge in [0.2, 0.25) is 0 Å². The first-order valence-corrected chi connectivity index (χ1v) is 4.19. The van der Waals surface area contributed by atoms with Crippen molar-refractivity contribution >= 4 is 22.6 Å². The van der Waals surface area contributed by atoms with Gasteiger partial charge >= 0.3 is 0 Å². The number of aryl methyl sites for hydroxylation is 1. The van der Waals surface area contributed by atoms with Crippen molar-refractivity contribution in [3.05, 3.63) is 23.8 Å². The molecule has 0 bridgehead atoms. The molecule has 1 aromatic heterocycles. The van der Waals surface area contributed by atoms with Crippen molar-refractivity contribution in [1.29, 1.82) is 0 Å². The summed E-state index contributed by atoms with van der Waals surface area (Å²) < 4.78 is 0.887. The Kier molecular flexibility index (Phi) is 2.38. The predicted molar refractivity (Wildman–Crippen MR) is 44.5 cm³/mol. The number of halogens is 1. The third-order valence-corrected chi connectivity index (χ3v) is 1.64. The molecule has 0 saturated carbocycles. The van der Waals surface area contributed by atoms with Crippen molar-refractivity contribution in [2.75, 3.05) is 0 Å². The standard InChI is InChI=1S/C6H7IN2/c1-5-3-8-6(2-7)9-4-5/h3-4H,2H2,1H3. The van der Waals surface area contributed by atoms with Crippen LogP contribution in [0.5, 0.6) is 0 Å². The minimum Gasteiger partial charge on any atom is -0.240 e. The van der Waals surface area contributed by atoms with Crippen LogP contribution in [0.15, 0.2) is 12.4 Å². The molecular weight excluding hydrogens is 227 g/mol. The molecule has 0 atom stereocenters. The maximum Gasteiger partial charge on any atom is 0.137 e. The lowest BCUT2D eigenvalue weighted by molar-refractivity contribution is 1.03. The molecule has 0 aliphatic carbocycles. The SMILES string of the molecule is Cc1cnc(CI)nc1. The summed E-state index contributed by atoms with van der Waals surface area (Å²) in [5.41, 5.74) is 1.11. The molecule has 0 aliphatic rings. The summed E-state index contributed by atoms with van der Waals surface area (Å²) in [4.78, 5) is 8.16. The van der Waals surface area contributed by atoms with Crippen LogP contribution in [0.3, 0.4) is 0 Å². The monoisotopic (exact) mass is 234 g/mol. The third kappa shape index (κ3) is 1.89. The molecule has 1 rings (SSSR count). The van der Waals surface area contributed by atoms with E-state index >= 15 is 0 Å². The Balaban J connectivity index is 2.88. The normalized spacial score (nSPS) is 9.56. The van der Waals surface area contributed by atoms with Gasteiger partial charge in [-0.2, -0.15) is 0 Å². The van der Waals surface area contributed by atoms with Gasteiger partial charge < -0.3 is 0 Å². The van der Waals surface area contributed by atoms with Gasteiger partial charge in [0.15, 0.2) is 0 Å². The van der Waals surface area contributed by atoms with E-state index in [1.54, 1.807) is 0 Å². The molecule has 0 aromatic carbocycles. The molecular formula is C6H7IN2. The number of aromatic nitrogens is 2. The van der Waals surface area contributed by atoms with E-state index in [9.17, 15) is 0 Å². The molecule has 0 spiro atoms. The van der Waals surface area contributed by atoms with Gasteiger partial charge in [-0.25, -0.2) is 9.97 Å². The quantitative estimate of drug-likeness (QED) is 0.546. The minimum atomic E-state index is 0.887. The van der Waals surface area contributed by atoms with Gasteiger partial charge in [-0.3, -0.25) is 0 Å². The van der Waals surface area contributed by atoms with Crippen LogP contribution in [0, 0.1) is 6.92 Å². The molecule has 1 aromatic rings. The van der Waals surface area contributed by atoms with E-state index in [1.165, 1.54) is 0 Å². The molecule has 0 amide bonds. The Morgan fingerprint density at radius 1 is 1.44 bits per heavy atom. The van der Waals surface area contributed by atoms with Crippen LogP contribution in [0.1, 0.15) is 11.4 Å².